The number of hydrogen-bond donors (Lipinski definition) is 1. The third-order valence-corrected chi connectivity index (χ3v) is 5.34. The molecule has 0 aliphatic carbocycles. The molecule has 0 amide bonds. The summed E-state index contributed by atoms with van der Waals surface area (Å²) in [6, 6.07) is 8.05. The molecule has 0 bridgehead atoms. The van der Waals surface area contributed by atoms with Gasteiger partial charge in [0.1, 0.15) is 0 Å². The molecule has 1 unspecified atom stereocenters. The lowest BCUT2D eigenvalue weighted by molar-refractivity contribution is 0.862. The van der Waals surface area contributed by atoms with E-state index >= 15 is 0 Å². The van der Waals surface area contributed by atoms with Gasteiger partial charge in [0, 0.05) is 13.8 Å². The molecular weight excluding hydrogens is 430 g/mol. The lowest BCUT2D eigenvalue weighted by atomic mass is 10.0. The summed E-state index contributed by atoms with van der Waals surface area (Å²) >= 11 is 12.2. The summed E-state index contributed by atoms with van der Waals surface area (Å²) in [4.78, 5) is 1.25. The average Bonchev–Trinajstić information content (AvgIpc) is 2.60. The van der Waals surface area contributed by atoms with Gasteiger partial charge in [-0.15, -0.1) is 11.3 Å². The number of aryl methyl sites for hydroxylation is 1. The zero-order valence-electron chi connectivity index (χ0n) is 9.01. The predicted molar refractivity (Wildman–Crippen MR) is 84.6 cm³/mol. The van der Waals surface area contributed by atoms with Gasteiger partial charge in [-0.25, -0.2) is 0 Å². The van der Waals surface area contributed by atoms with Crippen LogP contribution in [0.15, 0.2) is 37.0 Å². The van der Waals surface area contributed by atoms with Gasteiger partial charge >= 0.3 is 0 Å². The Morgan fingerprint density at radius 3 is 2.41 bits per heavy atom. The van der Waals surface area contributed by atoms with E-state index in [-0.39, 0.29) is 6.04 Å². The first-order valence-corrected chi connectivity index (χ1v) is 8.15. The second kappa shape index (κ2) is 5.53. The third kappa shape index (κ3) is 3.01. The number of nitrogens with two attached hydrogens (primary N) is 1. The molecule has 0 fully saturated rings. The zero-order valence-corrected chi connectivity index (χ0v) is 14.6. The van der Waals surface area contributed by atoms with Crippen LogP contribution in [0.25, 0.3) is 0 Å². The highest BCUT2D eigenvalue weighted by Gasteiger charge is 2.16. The molecule has 1 heterocycles. The monoisotopic (exact) mass is 437 g/mol. The van der Waals surface area contributed by atoms with E-state index in [0.717, 1.165) is 18.3 Å². The van der Waals surface area contributed by atoms with E-state index in [0.29, 0.717) is 0 Å². The molecule has 1 aromatic heterocycles. The van der Waals surface area contributed by atoms with Gasteiger partial charge in [-0.1, -0.05) is 31.9 Å². The molecule has 0 spiro atoms. The van der Waals surface area contributed by atoms with Crippen LogP contribution in [0.4, 0.5) is 0 Å². The first kappa shape index (κ1) is 13.7. The minimum Gasteiger partial charge on any atom is -0.320 e. The number of hydrogen-bond acceptors (Lipinski definition) is 2. The van der Waals surface area contributed by atoms with Crippen molar-refractivity contribution in [3.05, 3.63) is 53.0 Å². The highest BCUT2D eigenvalue weighted by atomic mass is 79.9. The van der Waals surface area contributed by atoms with Crippen molar-refractivity contribution in [2.24, 2.45) is 5.73 Å². The van der Waals surface area contributed by atoms with Crippen molar-refractivity contribution in [1.29, 1.82) is 0 Å². The lowest BCUT2D eigenvalue weighted by Gasteiger charge is -2.14. The van der Waals surface area contributed by atoms with E-state index < -0.39 is 0 Å². The van der Waals surface area contributed by atoms with E-state index in [4.69, 9.17) is 5.73 Å². The SMILES string of the molecule is Cc1sc(Br)cc1C(N)c1cc(Br)ccc1Br. The molecule has 1 nitrogen and oxygen atoms in total. The van der Waals surface area contributed by atoms with Crippen molar-refractivity contribution in [1.82, 2.24) is 0 Å². The summed E-state index contributed by atoms with van der Waals surface area (Å²) < 4.78 is 3.19. The van der Waals surface area contributed by atoms with Crippen LogP contribution in [0.5, 0.6) is 0 Å². The van der Waals surface area contributed by atoms with Gasteiger partial charge in [0.15, 0.2) is 0 Å². The first-order chi connectivity index (χ1) is 7.99. The number of benzene rings is 1. The highest BCUT2D eigenvalue weighted by molar-refractivity contribution is 9.11. The molecule has 1 atom stereocenters. The molecule has 5 heteroatoms. The summed E-state index contributed by atoms with van der Waals surface area (Å²) in [6.07, 6.45) is 0. The van der Waals surface area contributed by atoms with Gasteiger partial charge in [0.25, 0.3) is 0 Å². The molecule has 2 rings (SSSR count). The normalized spacial score (nSPS) is 12.8. The summed E-state index contributed by atoms with van der Waals surface area (Å²) in [6.45, 7) is 2.09. The Bertz CT molecular complexity index is 551. The van der Waals surface area contributed by atoms with Gasteiger partial charge < -0.3 is 5.73 Å². The van der Waals surface area contributed by atoms with Crippen molar-refractivity contribution in [3.63, 3.8) is 0 Å². The molecule has 0 aliphatic rings. The third-order valence-electron chi connectivity index (χ3n) is 2.55. The molecule has 0 saturated heterocycles. The number of halogens is 3. The smallest absolute Gasteiger partial charge is 0.0704 e. The van der Waals surface area contributed by atoms with E-state index in [2.05, 4.69) is 66.8 Å². The molecule has 0 aliphatic heterocycles. The van der Waals surface area contributed by atoms with Crippen molar-refractivity contribution >= 4 is 59.1 Å². The van der Waals surface area contributed by atoms with Crippen molar-refractivity contribution in [2.45, 2.75) is 13.0 Å². The molecule has 90 valence electrons. The summed E-state index contributed by atoms with van der Waals surface area (Å²) in [5, 5.41) is 0. The fourth-order valence-electron chi connectivity index (χ4n) is 1.69. The maximum atomic E-state index is 6.34. The lowest BCUT2D eigenvalue weighted by Crippen LogP contribution is -2.12. The largest absolute Gasteiger partial charge is 0.320 e. The van der Waals surface area contributed by atoms with Gasteiger partial charge in [-0.2, -0.15) is 0 Å². The maximum Gasteiger partial charge on any atom is 0.0704 e. The Balaban J connectivity index is 2.46. The fraction of sp³-hybridized carbons (Fsp3) is 0.167. The maximum absolute atomic E-state index is 6.34. The van der Waals surface area contributed by atoms with Crippen LogP contribution in [0.3, 0.4) is 0 Å². The molecule has 2 aromatic rings. The van der Waals surface area contributed by atoms with Crippen LogP contribution < -0.4 is 5.73 Å². The van der Waals surface area contributed by atoms with Crippen LogP contribution in [-0.4, -0.2) is 0 Å². The Hall–Kier alpha value is 0.320. The Labute approximate surface area is 130 Å². The van der Waals surface area contributed by atoms with Gasteiger partial charge in [0.05, 0.1) is 9.83 Å². The Morgan fingerprint density at radius 1 is 1.12 bits per heavy atom. The second-order valence-corrected chi connectivity index (χ2v) is 8.11. The van der Waals surface area contributed by atoms with Crippen molar-refractivity contribution in [2.75, 3.05) is 0 Å². The fourth-order valence-corrected chi connectivity index (χ4v) is 4.32. The van der Waals surface area contributed by atoms with E-state index in [1.165, 1.54) is 10.4 Å². The quantitative estimate of drug-likeness (QED) is 0.666. The predicted octanol–water partition coefficient (Wildman–Crippen LogP) is 5.39. The highest BCUT2D eigenvalue weighted by Crippen LogP contribution is 2.35. The summed E-state index contributed by atoms with van der Waals surface area (Å²) in [7, 11) is 0. The Morgan fingerprint density at radius 2 is 1.82 bits per heavy atom. The molecule has 0 radical (unpaired) electrons. The van der Waals surface area contributed by atoms with Crippen LogP contribution in [0, 0.1) is 6.92 Å². The average molecular weight is 440 g/mol. The topological polar surface area (TPSA) is 26.0 Å². The molecule has 0 saturated carbocycles. The van der Waals surface area contributed by atoms with Gasteiger partial charge in [-0.3, -0.25) is 0 Å². The Kier molecular flexibility index (Phi) is 4.47. The minimum absolute atomic E-state index is 0.107. The molecular formula is C12H10Br3NS. The molecule has 2 N–H and O–H groups in total. The summed E-state index contributed by atoms with van der Waals surface area (Å²) in [5.41, 5.74) is 8.59. The van der Waals surface area contributed by atoms with E-state index in [1.807, 2.05) is 12.1 Å². The molecule has 1 aromatic carbocycles. The number of rotatable bonds is 2. The second-order valence-electron chi connectivity index (χ2n) is 3.71. The van der Waals surface area contributed by atoms with Crippen LogP contribution in [0.2, 0.25) is 0 Å². The first-order valence-electron chi connectivity index (χ1n) is 4.95. The van der Waals surface area contributed by atoms with Crippen LogP contribution in [-0.2, 0) is 0 Å². The van der Waals surface area contributed by atoms with Crippen LogP contribution in [0.1, 0.15) is 22.0 Å². The van der Waals surface area contributed by atoms with Gasteiger partial charge in [0.2, 0.25) is 0 Å². The van der Waals surface area contributed by atoms with Crippen LogP contribution >= 0.6 is 59.1 Å². The summed E-state index contributed by atoms with van der Waals surface area (Å²) in [5.74, 6) is 0. The molecule has 17 heavy (non-hydrogen) atoms. The van der Waals surface area contributed by atoms with Crippen molar-refractivity contribution < 1.29 is 0 Å². The standard InChI is InChI=1S/C12H10Br3NS/c1-6-8(5-11(15)17-6)12(16)9-4-7(13)2-3-10(9)14/h2-5,12H,16H2,1H3. The minimum atomic E-state index is -0.107. The van der Waals surface area contributed by atoms with E-state index in [1.54, 1.807) is 11.3 Å². The van der Waals surface area contributed by atoms with E-state index in [9.17, 15) is 0 Å². The van der Waals surface area contributed by atoms with Gasteiger partial charge in [-0.05, 0) is 58.2 Å². The number of thiophene rings is 1. The zero-order chi connectivity index (χ0) is 12.6. The van der Waals surface area contributed by atoms with Crippen molar-refractivity contribution in [3.8, 4) is 0 Å².